The lowest BCUT2D eigenvalue weighted by Gasteiger charge is -2.16. The molecule has 0 aliphatic carbocycles. The van der Waals surface area contributed by atoms with Gasteiger partial charge in [-0.1, -0.05) is 42.0 Å². The molecule has 1 heterocycles. The van der Waals surface area contributed by atoms with Crippen molar-refractivity contribution in [3.8, 4) is 22.5 Å². The van der Waals surface area contributed by atoms with Crippen molar-refractivity contribution >= 4 is 0 Å². The van der Waals surface area contributed by atoms with Crippen molar-refractivity contribution in [3.05, 3.63) is 64.5 Å². The Labute approximate surface area is 138 Å². The molecule has 0 atom stereocenters. The minimum absolute atomic E-state index is 1.04. The summed E-state index contributed by atoms with van der Waals surface area (Å²) in [6, 6.07) is 13.1. The molecule has 0 radical (unpaired) electrons. The van der Waals surface area contributed by atoms with Crippen molar-refractivity contribution in [1.82, 2.24) is 9.55 Å². The minimum atomic E-state index is 1.04. The third-order valence-corrected chi connectivity index (χ3v) is 4.73. The first-order chi connectivity index (χ1) is 10.9. The molecule has 0 aliphatic rings. The standard InChI is InChI=1S/C21H24N2/c1-13-11-14(2)20(15(3)12-13)18-9-7-8-10-19(18)21-22-16(4)17(5)23(21)6/h7-12H,1-6H3. The number of hydrogen-bond acceptors (Lipinski definition) is 1. The number of nitrogens with zero attached hydrogens (tertiary/aromatic N) is 2. The van der Waals surface area contributed by atoms with E-state index in [9.17, 15) is 0 Å². The third kappa shape index (κ3) is 2.59. The summed E-state index contributed by atoms with van der Waals surface area (Å²) < 4.78 is 2.19. The van der Waals surface area contributed by atoms with E-state index in [2.05, 4.69) is 82.6 Å². The Morgan fingerprint density at radius 3 is 1.91 bits per heavy atom. The van der Waals surface area contributed by atoms with Crippen molar-refractivity contribution in [3.63, 3.8) is 0 Å². The molecule has 3 rings (SSSR count). The first kappa shape index (κ1) is 15.5. The van der Waals surface area contributed by atoms with Crippen molar-refractivity contribution < 1.29 is 0 Å². The van der Waals surface area contributed by atoms with Gasteiger partial charge in [0.15, 0.2) is 0 Å². The molecular weight excluding hydrogens is 280 g/mol. The highest BCUT2D eigenvalue weighted by atomic mass is 15.1. The van der Waals surface area contributed by atoms with Crippen LogP contribution in [0.1, 0.15) is 28.1 Å². The van der Waals surface area contributed by atoms with Crippen molar-refractivity contribution in [1.29, 1.82) is 0 Å². The Balaban J connectivity index is 2.30. The fourth-order valence-electron chi connectivity index (χ4n) is 3.46. The van der Waals surface area contributed by atoms with E-state index < -0.39 is 0 Å². The van der Waals surface area contributed by atoms with Gasteiger partial charge in [-0.05, 0) is 56.9 Å². The van der Waals surface area contributed by atoms with Gasteiger partial charge < -0.3 is 4.57 Å². The number of benzene rings is 2. The van der Waals surface area contributed by atoms with Gasteiger partial charge in [-0.2, -0.15) is 0 Å². The average molecular weight is 304 g/mol. The van der Waals surface area contributed by atoms with E-state index in [0.717, 1.165) is 11.5 Å². The largest absolute Gasteiger partial charge is 0.331 e. The second-order valence-electron chi connectivity index (χ2n) is 6.48. The summed E-state index contributed by atoms with van der Waals surface area (Å²) >= 11 is 0. The quantitative estimate of drug-likeness (QED) is 0.628. The van der Waals surface area contributed by atoms with E-state index in [1.54, 1.807) is 0 Å². The molecule has 2 aromatic carbocycles. The molecule has 0 fully saturated rings. The van der Waals surface area contributed by atoms with E-state index in [-0.39, 0.29) is 0 Å². The van der Waals surface area contributed by atoms with Crippen molar-refractivity contribution in [2.75, 3.05) is 0 Å². The Hall–Kier alpha value is -2.35. The molecule has 1 aromatic heterocycles. The summed E-state index contributed by atoms with van der Waals surface area (Å²) in [5.74, 6) is 1.04. The minimum Gasteiger partial charge on any atom is -0.331 e. The molecular formula is C21H24N2. The SMILES string of the molecule is Cc1cc(C)c(-c2ccccc2-c2nc(C)c(C)n2C)c(C)c1. The molecule has 3 aromatic rings. The Morgan fingerprint density at radius 1 is 0.826 bits per heavy atom. The van der Waals surface area contributed by atoms with Gasteiger partial charge in [0.2, 0.25) is 0 Å². The first-order valence-corrected chi connectivity index (χ1v) is 8.07. The summed E-state index contributed by atoms with van der Waals surface area (Å²) in [5, 5.41) is 0. The normalized spacial score (nSPS) is 11.0. The van der Waals surface area contributed by atoms with Crippen LogP contribution in [0.5, 0.6) is 0 Å². The number of aromatic nitrogens is 2. The monoisotopic (exact) mass is 304 g/mol. The van der Waals surface area contributed by atoms with Crippen LogP contribution in [-0.4, -0.2) is 9.55 Å². The number of aryl methyl sites for hydroxylation is 4. The van der Waals surface area contributed by atoms with Crippen LogP contribution in [0.2, 0.25) is 0 Å². The van der Waals surface area contributed by atoms with E-state index in [0.29, 0.717) is 0 Å². The summed E-state index contributed by atoms with van der Waals surface area (Å²) in [5.41, 5.74) is 10.0. The van der Waals surface area contributed by atoms with Crippen molar-refractivity contribution in [2.24, 2.45) is 7.05 Å². The fourth-order valence-corrected chi connectivity index (χ4v) is 3.46. The van der Waals surface area contributed by atoms with E-state index in [1.807, 2.05) is 0 Å². The second-order valence-corrected chi connectivity index (χ2v) is 6.48. The molecule has 0 spiro atoms. The molecule has 0 aliphatic heterocycles. The summed E-state index contributed by atoms with van der Waals surface area (Å²) in [6.45, 7) is 10.7. The van der Waals surface area contributed by atoms with Gasteiger partial charge in [-0.15, -0.1) is 0 Å². The lowest BCUT2D eigenvalue weighted by Crippen LogP contribution is -1.98. The zero-order valence-electron chi connectivity index (χ0n) is 14.9. The van der Waals surface area contributed by atoms with Crippen LogP contribution in [-0.2, 0) is 7.05 Å². The van der Waals surface area contributed by atoms with Crippen LogP contribution in [0.25, 0.3) is 22.5 Å². The van der Waals surface area contributed by atoms with Crippen LogP contribution < -0.4 is 0 Å². The van der Waals surface area contributed by atoms with E-state index in [1.165, 1.54) is 39.1 Å². The maximum Gasteiger partial charge on any atom is 0.140 e. The highest BCUT2D eigenvalue weighted by Gasteiger charge is 2.16. The van der Waals surface area contributed by atoms with Crippen LogP contribution in [0.3, 0.4) is 0 Å². The molecule has 23 heavy (non-hydrogen) atoms. The fraction of sp³-hybridized carbons (Fsp3) is 0.286. The van der Waals surface area contributed by atoms with E-state index in [4.69, 9.17) is 4.98 Å². The Bertz CT molecular complexity index is 862. The smallest absolute Gasteiger partial charge is 0.140 e. The van der Waals surface area contributed by atoms with Gasteiger partial charge in [0.05, 0.1) is 5.69 Å². The molecule has 0 saturated heterocycles. The second kappa shape index (κ2) is 5.69. The van der Waals surface area contributed by atoms with Gasteiger partial charge >= 0.3 is 0 Å². The average Bonchev–Trinajstić information content (AvgIpc) is 2.74. The maximum atomic E-state index is 4.81. The van der Waals surface area contributed by atoms with E-state index >= 15 is 0 Å². The predicted octanol–water partition coefficient (Wildman–Crippen LogP) is 5.30. The summed E-state index contributed by atoms with van der Waals surface area (Å²) in [7, 11) is 2.09. The highest BCUT2D eigenvalue weighted by molar-refractivity contribution is 5.84. The molecule has 0 unspecified atom stereocenters. The van der Waals surface area contributed by atoms with Crippen molar-refractivity contribution in [2.45, 2.75) is 34.6 Å². The van der Waals surface area contributed by atoms with Crippen LogP contribution >= 0.6 is 0 Å². The zero-order chi connectivity index (χ0) is 16.7. The van der Waals surface area contributed by atoms with Crippen LogP contribution in [0.4, 0.5) is 0 Å². The number of hydrogen-bond donors (Lipinski definition) is 0. The molecule has 118 valence electrons. The molecule has 2 nitrogen and oxygen atoms in total. The summed E-state index contributed by atoms with van der Waals surface area (Å²) in [4.78, 5) is 4.81. The van der Waals surface area contributed by atoms with Gasteiger partial charge in [0, 0.05) is 18.3 Å². The van der Waals surface area contributed by atoms with Gasteiger partial charge in [0.1, 0.15) is 5.82 Å². The highest BCUT2D eigenvalue weighted by Crippen LogP contribution is 2.36. The lowest BCUT2D eigenvalue weighted by atomic mass is 9.90. The van der Waals surface area contributed by atoms with Gasteiger partial charge in [0.25, 0.3) is 0 Å². The number of imidazole rings is 1. The van der Waals surface area contributed by atoms with Crippen LogP contribution in [0.15, 0.2) is 36.4 Å². The van der Waals surface area contributed by atoms with Gasteiger partial charge in [-0.3, -0.25) is 0 Å². The molecule has 0 amide bonds. The third-order valence-electron chi connectivity index (χ3n) is 4.73. The molecule has 0 N–H and O–H groups in total. The Morgan fingerprint density at radius 2 is 1.39 bits per heavy atom. The van der Waals surface area contributed by atoms with Gasteiger partial charge in [-0.25, -0.2) is 4.98 Å². The topological polar surface area (TPSA) is 17.8 Å². The predicted molar refractivity (Wildman–Crippen MR) is 97.8 cm³/mol. The zero-order valence-corrected chi connectivity index (χ0v) is 14.9. The molecule has 0 bridgehead atoms. The number of rotatable bonds is 2. The lowest BCUT2D eigenvalue weighted by molar-refractivity contribution is 0.881. The maximum absolute atomic E-state index is 4.81. The molecule has 0 saturated carbocycles. The van der Waals surface area contributed by atoms with Crippen LogP contribution in [0, 0.1) is 34.6 Å². The Kier molecular flexibility index (Phi) is 3.85. The summed E-state index contributed by atoms with van der Waals surface area (Å²) in [6.07, 6.45) is 0. The molecule has 2 heteroatoms. The first-order valence-electron chi connectivity index (χ1n) is 8.07.